The van der Waals surface area contributed by atoms with Crippen molar-refractivity contribution in [2.24, 2.45) is 5.92 Å². The van der Waals surface area contributed by atoms with E-state index in [-0.39, 0.29) is 11.8 Å². The van der Waals surface area contributed by atoms with Crippen molar-refractivity contribution in [3.05, 3.63) is 29.6 Å². The number of amides is 1. The molecule has 0 fully saturated rings. The summed E-state index contributed by atoms with van der Waals surface area (Å²) in [7, 11) is 0. The summed E-state index contributed by atoms with van der Waals surface area (Å²) in [5, 5.41) is 2.72. The first kappa shape index (κ1) is 17.1. The minimum atomic E-state index is -0.682. The fourth-order valence-electron chi connectivity index (χ4n) is 1.69. The topological polar surface area (TPSA) is 68.3 Å². The van der Waals surface area contributed by atoms with Crippen LogP contribution in [0.25, 0.3) is 0 Å². The number of nitrogens with one attached hydrogen (secondary N) is 1. The van der Waals surface area contributed by atoms with Gasteiger partial charge in [-0.05, 0) is 45.7 Å². The van der Waals surface area contributed by atoms with E-state index in [1.165, 1.54) is 6.20 Å². The summed E-state index contributed by atoms with van der Waals surface area (Å²) in [4.78, 5) is 28.4. The monoisotopic (exact) mass is 292 g/mol. The van der Waals surface area contributed by atoms with Crippen LogP contribution in [0.2, 0.25) is 0 Å². The van der Waals surface area contributed by atoms with Crippen molar-refractivity contribution < 1.29 is 14.3 Å². The van der Waals surface area contributed by atoms with Gasteiger partial charge in [0.1, 0.15) is 11.6 Å². The maximum Gasteiger partial charge on any atom is 0.329 e. The first-order valence-corrected chi connectivity index (χ1v) is 7.06. The fraction of sp³-hybridized carbons (Fsp3) is 0.562. The molecule has 1 N–H and O–H groups in total. The third kappa shape index (κ3) is 5.53. The highest BCUT2D eigenvalue weighted by Crippen LogP contribution is 2.13. The normalized spacial score (nSPS) is 12.9. The molecule has 1 amide bonds. The summed E-state index contributed by atoms with van der Waals surface area (Å²) in [5.41, 5.74) is 0.675. The molecule has 0 saturated carbocycles. The molecule has 1 heterocycles. The molecule has 0 bridgehead atoms. The molecule has 0 aliphatic carbocycles. The van der Waals surface area contributed by atoms with Crippen LogP contribution in [0, 0.1) is 12.8 Å². The van der Waals surface area contributed by atoms with E-state index in [2.05, 4.69) is 10.3 Å². The van der Waals surface area contributed by atoms with Gasteiger partial charge >= 0.3 is 5.97 Å². The Morgan fingerprint density at radius 2 is 1.86 bits per heavy atom. The molecular weight excluding hydrogens is 268 g/mol. The van der Waals surface area contributed by atoms with Crippen LogP contribution in [0.15, 0.2) is 18.3 Å². The Morgan fingerprint density at radius 3 is 2.29 bits per heavy atom. The van der Waals surface area contributed by atoms with Crippen molar-refractivity contribution in [1.29, 1.82) is 0 Å². The molecule has 0 saturated heterocycles. The van der Waals surface area contributed by atoms with Crippen LogP contribution in [-0.2, 0) is 9.53 Å². The number of nitrogens with zero attached hydrogens (tertiary/aromatic N) is 1. The lowest BCUT2D eigenvalue weighted by atomic mass is 10.0. The molecule has 116 valence electrons. The second-order valence-corrected chi connectivity index (χ2v) is 6.42. The zero-order valence-corrected chi connectivity index (χ0v) is 13.6. The highest BCUT2D eigenvalue weighted by atomic mass is 16.6. The maximum absolute atomic E-state index is 12.2. The largest absolute Gasteiger partial charge is 0.458 e. The van der Waals surface area contributed by atoms with Gasteiger partial charge in [-0.25, -0.2) is 4.79 Å². The average molecular weight is 292 g/mol. The van der Waals surface area contributed by atoms with Gasteiger partial charge in [-0.3, -0.25) is 9.78 Å². The van der Waals surface area contributed by atoms with E-state index < -0.39 is 17.6 Å². The summed E-state index contributed by atoms with van der Waals surface area (Å²) >= 11 is 0. The minimum Gasteiger partial charge on any atom is -0.458 e. The Kier molecular flexibility index (Phi) is 5.47. The van der Waals surface area contributed by atoms with Crippen LogP contribution in [0.1, 0.15) is 50.7 Å². The number of ether oxygens (including phenoxy) is 1. The Hall–Kier alpha value is -1.91. The standard InChI is InChI=1S/C16H24N2O3/c1-10(2)13(15(20)21-16(4,5)6)18-14(19)12-8-7-11(3)17-9-12/h7-10,13H,1-6H3,(H,18,19)/t13-/m0/s1. The SMILES string of the molecule is Cc1ccc(C(=O)N[C@H](C(=O)OC(C)(C)C)C(C)C)cn1. The van der Waals surface area contributed by atoms with Gasteiger partial charge in [-0.1, -0.05) is 13.8 Å². The van der Waals surface area contributed by atoms with Crippen molar-refractivity contribution in [3.8, 4) is 0 Å². The molecule has 1 atom stereocenters. The first-order valence-electron chi connectivity index (χ1n) is 7.06. The van der Waals surface area contributed by atoms with E-state index in [1.54, 1.807) is 32.9 Å². The minimum absolute atomic E-state index is 0.0674. The number of hydrogen-bond donors (Lipinski definition) is 1. The van der Waals surface area contributed by atoms with Crippen molar-refractivity contribution in [2.45, 2.75) is 53.2 Å². The second-order valence-electron chi connectivity index (χ2n) is 6.42. The highest BCUT2D eigenvalue weighted by Gasteiger charge is 2.29. The van der Waals surface area contributed by atoms with Crippen LogP contribution in [0.4, 0.5) is 0 Å². The smallest absolute Gasteiger partial charge is 0.329 e. The van der Waals surface area contributed by atoms with Gasteiger partial charge < -0.3 is 10.1 Å². The molecule has 1 aromatic rings. The van der Waals surface area contributed by atoms with Crippen molar-refractivity contribution in [1.82, 2.24) is 10.3 Å². The number of carbonyl (C=O) groups excluding carboxylic acids is 2. The van der Waals surface area contributed by atoms with Crippen LogP contribution in [-0.4, -0.2) is 28.5 Å². The molecule has 0 aliphatic rings. The summed E-state index contributed by atoms with van der Waals surface area (Å²) in [6.07, 6.45) is 1.50. The van der Waals surface area contributed by atoms with Gasteiger partial charge in [0.25, 0.3) is 5.91 Å². The number of pyridine rings is 1. The number of esters is 1. The van der Waals surface area contributed by atoms with Gasteiger partial charge in [0, 0.05) is 11.9 Å². The van der Waals surface area contributed by atoms with E-state index in [0.29, 0.717) is 5.56 Å². The summed E-state index contributed by atoms with van der Waals surface area (Å²) < 4.78 is 5.35. The van der Waals surface area contributed by atoms with Crippen LogP contribution in [0.3, 0.4) is 0 Å². The molecule has 1 aromatic heterocycles. The van der Waals surface area contributed by atoms with Crippen molar-refractivity contribution in [3.63, 3.8) is 0 Å². The summed E-state index contributed by atoms with van der Waals surface area (Å²) in [6.45, 7) is 11.0. The molecule has 0 aliphatic heterocycles. The van der Waals surface area contributed by atoms with E-state index in [1.807, 2.05) is 20.8 Å². The number of aromatic nitrogens is 1. The lowest BCUT2D eigenvalue weighted by Gasteiger charge is -2.26. The van der Waals surface area contributed by atoms with Crippen molar-refractivity contribution in [2.75, 3.05) is 0 Å². The van der Waals surface area contributed by atoms with Crippen LogP contribution < -0.4 is 5.32 Å². The molecule has 0 spiro atoms. The van der Waals surface area contributed by atoms with E-state index in [4.69, 9.17) is 4.74 Å². The Balaban J connectivity index is 2.81. The molecule has 0 unspecified atom stereocenters. The number of rotatable bonds is 4. The summed E-state index contributed by atoms with van der Waals surface area (Å²) in [5.74, 6) is -0.819. The zero-order chi connectivity index (χ0) is 16.2. The molecule has 5 heteroatoms. The van der Waals surface area contributed by atoms with Gasteiger partial charge in [-0.15, -0.1) is 0 Å². The zero-order valence-electron chi connectivity index (χ0n) is 13.6. The van der Waals surface area contributed by atoms with Crippen LogP contribution >= 0.6 is 0 Å². The average Bonchev–Trinajstić information content (AvgIpc) is 2.33. The lowest BCUT2D eigenvalue weighted by Crippen LogP contribution is -2.47. The lowest BCUT2D eigenvalue weighted by molar-refractivity contribution is -0.158. The Labute approximate surface area is 126 Å². The number of hydrogen-bond acceptors (Lipinski definition) is 4. The fourth-order valence-corrected chi connectivity index (χ4v) is 1.69. The molecule has 21 heavy (non-hydrogen) atoms. The van der Waals surface area contributed by atoms with E-state index >= 15 is 0 Å². The third-order valence-corrected chi connectivity index (χ3v) is 2.79. The third-order valence-electron chi connectivity index (χ3n) is 2.79. The Bertz CT molecular complexity index is 501. The molecule has 5 nitrogen and oxygen atoms in total. The quantitative estimate of drug-likeness (QED) is 0.866. The number of aryl methyl sites for hydroxylation is 1. The molecule has 0 radical (unpaired) electrons. The van der Waals surface area contributed by atoms with E-state index in [0.717, 1.165) is 5.69 Å². The molecule has 1 rings (SSSR count). The van der Waals surface area contributed by atoms with E-state index in [9.17, 15) is 9.59 Å². The second kappa shape index (κ2) is 6.70. The number of carbonyl (C=O) groups is 2. The van der Waals surface area contributed by atoms with Gasteiger partial charge in [0.05, 0.1) is 5.56 Å². The maximum atomic E-state index is 12.2. The first-order chi connectivity index (χ1) is 9.60. The predicted octanol–water partition coefficient (Wildman–Crippen LogP) is 2.49. The van der Waals surface area contributed by atoms with Gasteiger partial charge in [0.15, 0.2) is 0 Å². The molecular formula is C16H24N2O3. The highest BCUT2D eigenvalue weighted by molar-refractivity contribution is 5.96. The van der Waals surface area contributed by atoms with Gasteiger partial charge in [0.2, 0.25) is 0 Å². The van der Waals surface area contributed by atoms with Crippen molar-refractivity contribution >= 4 is 11.9 Å². The van der Waals surface area contributed by atoms with Crippen LogP contribution in [0.5, 0.6) is 0 Å². The summed E-state index contributed by atoms with van der Waals surface area (Å²) in [6, 6.07) is 2.76. The van der Waals surface area contributed by atoms with Gasteiger partial charge in [-0.2, -0.15) is 0 Å². The Morgan fingerprint density at radius 1 is 1.24 bits per heavy atom. The molecule has 0 aromatic carbocycles. The predicted molar refractivity (Wildman–Crippen MR) is 80.9 cm³/mol.